The first-order chi connectivity index (χ1) is 30.2. The van der Waals surface area contributed by atoms with Crippen molar-refractivity contribution in [1.82, 2.24) is 31.9 Å². The van der Waals surface area contributed by atoms with Crippen molar-refractivity contribution < 1.29 is 48.6 Å². The Balaban J connectivity index is 1.77. The van der Waals surface area contributed by atoms with Gasteiger partial charge < -0.3 is 63.2 Å². The van der Waals surface area contributed by atoms with Crippen LogP contribution in [0.1, 0.15) is 48.8 Å². The summed E-state index contributed by atoms with van der Waals surface area (Å²) in [6.07, 6.45) is 1.75. The van der Waals surface area contributed by atoms with Gasteiger partial charge in [0.1, 0.15) is 35.7 Å². The number of unbranched alkanes of at least 4 members (excludes halogenated alkanes) is 1. The standard InChI is InChI=1S/C44H61BrN10O9/c1-55(2,3)22-5-4-7-34(52-39(59)33(46)23-27-9-15-30(45)16-10-27)40(60)50-26-38(58)51-35(8-6-21-49-44(47)48)41(61)53-36(24-28-11-17-31(56)18-12-28)42(62)54-37(43(63)64)25-29-13-19-32(57)20-14-29/h9-20,33-37H,4-8,21-26,46H2,1-3H3,(H11-,47,48,49,50,51,52,53,54,56,57,58,59,60,61,62,63,64)/p+1. The van der Waals surface area contributed by atoms with Gasteiger partial charge in [-0.3, -0.25) is 29.4 Å². The number of carbonyl (C=O) groups excluding carboxylic acids is 5. The molecular weight excluding hydrogens is 892 g/mol. The molecule has 20 heteroatoms. The van der Waals surface area contributed by atoms with E-state index in [1.807, 2.05) is 45.4 Å². The van der Waals surface area contributed by atoms with Crippen molar-refractivity contribution in [3.63, 3.8) is 0 Å². The van der Waals surface area contributed by atoms with Crippen molar-refractivity contribution in [1.29, 1.82) is 5.41 Å². The van der Waals surface area contributed by atoms with Gasteiger partial charge in [-0.05, 0) is 91.6 Å². The highest BCUT2D eigenvalue weighted by Crippen LogP contribution is 2.15. The van der Waals surface area contributed by atoms with Crippen molar-refractivity contribution >= 4 is 57.4 Å². The Bertz CT molecular complexity index is 2030. The SMILES string of the molecule is C[N+](C)(C)CCCCC(NC(=O)C(N)Cc1ccc(Br)cc1)C(=O)NCC(=O)NC(CCCNC(=N)N)C(=O)NC(Cc1ccc(O)cc1)C(=O)NC(Cc1ccc(O)cc1)C(=O)O. The minimum atomic E-state index is -1.43. The minimum absolute atomic E-state index is 0.0147. The predicted octanol–water partition coefficient (Wildman–Crippen LogP) is 0.495. The number of nitrogens with one attached hydrogen (secondary N) is 7. The number of nitrogens with two attached hydrogens (primary N) is 2. The average Bonchev–Trinajstić information content (AvgIpc) is 3.23. The smallest absolute Gasteiger partial charge is 0.326 e. The van der Waals surface area contributed by atoms with E-state index in [4.69, 9.17) is 16.9 Å². The molecule has 64 heavy (non-hydrogen) atoms. The molecule has 0 saturated carbocycles. The van der Waals surface area contributed by atoms with Crippen LogP contribution in [-0.2, 0) is 48.0 Å². The number of carboxylic acid groups (broad SMARTS) is 1. The lowest BCUT2D eigenvalue weighted by Crippen LogP contribution is -2.57. The maximum Gasteiger partial charge on any atom is 0.326 e. The Kier molecular flexibility index (Phi) is 21.0. The Morgan fingerprint density at radius 2 is 1.09 bits per heavy atom. The second kappa shape index (κ2) is 25.8. The van der Waals surface area contributed by atoms with Gasteiger partial charge in [0, 0.05) is 23.9 Å². The first-order valence-electron chi connectivity index (χ1n) is 20.8. The highest BCUT2D eigenvalue weighted by Gasteiger charge is 2.31. The molecule has 0 aliphatic carbocycles. The number of carbonyl (C=O) groups is 6. The molecule has 3 aromatic rings. The number of aliphatic carboxylic acids is 1. The molecular formula is C44H62BrN10O9+. The average molecular weight is 955 g/mol. The van der Waals surface area contributed by atoms with Crippen LogP contribution in [0, 0.1) is 5.41 Å². The van der Waals surface area contributed by atoms with Crippen molar-refractivity contribution in [2.45, 2.75) is 81.6 Å². The normalized spacial score (nSPS) is 13.5. The Hall–Kier alpha value is -6.25. The van der Waals surface area contributed by atoms with E-state index in [1.165, 1.54) is 48.5 Å². The van der Waals surface area contributed by atoms with Crippen LogP contribution in [0.3, 0.4) is 0 Å². The number of hydrogen-bond acceptors (Lipinski definition) is 10. The van der Waals surface area contributed by atoms with Crippen molar-refractivity contribution in [3.8, 4) is 11.5 Å². The van der Waals surface area contributed by atoms with E-state index in [0.29, 0.717) is 22.0 Å². The highest BCUT2D eigenvalue weighted by atomic mass is 79.9. The third-order valence-electron chi connectivity index (χ3n) is 9.97. The largest absolute Gasteiger partial charge is 0.508 e. The first-order valence-corrected chi connectivity index (χ1v) is 21.6. The number of phenols is 2. The van der Waals surface area contributed by atoms with Crippen molar-refractivity contribution in [3.05, 3.63) is 94.0 Å². The number of carboxylic acids is 1. The zero-order chi connectivity index (χ0) is 47.4. The van der Waals surface area contributed by atoms with Crippen molar-refractivity contribution in [2.75, 3.05) is 40.8 Å². The van der Waals surface area contributed by atoms with Gasteiger partial charge in [0.25, 0.3) is 0 Å². The van der Waals surface area contributed by atoms with Gasteiger partial charge in [0.05, 0.1) is 40.3 Å². The van der Waals surface area contributed by atoms with Crippen LogP contribution in [0.2, 0.25) is 0 Å². The second-order valence-corrected chi connectivity index (χ2v) is 17.4. The van der Waals surface area contributed by atoms with E-state index in [-0.39, 0.29) is 62.5 Å². The van der Waals surface area contributed by atoms with Crippen molar-refractivity contribution in [2.24, 2.45) is 11.5 Å². The number of hydrogen-bond donors (Lipinski definition) is 12. The quantitative estimate of drug-likeness (QED) is 0.0227. The predicted molar refractivity (Wildman–Crippen MR) is 244 cm³/mol. The lowest BCUT2D eigenvalue weighted by Gasteiger charge is -2.25. The molecule has 0 fully saturated rings. The fraction of sp³-hybridized carbons (Fsp3) is 0.432. The van der Waals surface area contributed by atoms with E-state index in [9.17, 15) is 44.1 Å². The molecule has 0 aromatic heterocycles. The Labute approximate surface area is 381 Å². The summed E-state index contributed by atoms with van der Waals surface area (Å²) in [5.74, 6) is -5.35. The van der Waals surface area contributed by atoms with Crippen LogP contribution in [0.25, 0.3) is 0 Å². The van der Waals surface area contributed by atoms with Gasteiger partial charge in [0.2, 0.25) is 29.5 Å². The Morgan fingerprint density at radius 3 is 1.64 bits per heavy atom. The zero-order valence-electron chi connectivity index (χ0n) is 36.4. The molecule has 3 rings (SSSR count). The summed E-state index contributed by atoms with van der Waals surface area (Å²) in [6, 6.07) is 12.9. The highest BCUT2D eigenvalue weighted by molar-refractivity contribution is 9.10. The number of phenolic OH excluding ortho intramolecular Hbond substituents is 2. The summed E-state index contributed by atoms with van der Waals surface area (Å²) in [6.45, 7) is 0.385. The summed E-state index contributed by atoms with van der Waals surface area (Å²) in [5, 5.41) is 52.6. The lowest BCUT2D eigenvalue weighted by atomic mass is 10.0. The third kappa shape index (κ3) is 19.9. The number of amides is 5. The van der Waals surface area contributed by atoms with Gasteiger partial charge in [-0.25, -0.2) is 4.79 Å². The summed E-state index contributed by atoms with van der Waals surface area (Å²) in [7, 11) is 6.12. The summed E-state index contributed by atoms with van der Waals surface area (Å²) >= 11 is 3.38. The fourth-order valence-electron chi connectivity index (χ4n) is 6.47. The molecule has 348 valence electrons. The molecule has 3 aromatic carbocycles. The first kappa shape index (κ1) is 52.1. The maximum atomic E-state index is 14.0. The fourth-order valence-corrected chi connectivity index (χ4v) is 6.74. The number of benzene rings is 3. The Morgan fingerprint density at radius 1 is 0.625 bits per heavy atom. The maximum absolute atomic E-state index is 14.0. The molecule has 0 saturated heterocycles. The van der Waals surface area contributed by atoms with Gasteiger partial charge in [-0.15, -0.1) is 0 Å². The molecule has 14 N–H and O–H groups in total. The van der Waals surface area contributed by atoms with E-state index in [0.717, 1.165) is 23.0 Å². The molecule has 5 unspecified atom stereocenters. The molecule has 19 nitrogen and oxygen atoms in total. The molecule has 0 aliphatic heterocycles. The van der Waals surface area contributed by atoms with Crippen LogP contribution in [0.4, 0.5) is 0 Å². The van der Waals surface area contributed by atoms with Gasteiger partial charge in [-0.2, -0.15) is 0 Å². The monoisotopic (exact) mass is 953 g/mol. The van der Waals surface area contributed by atoms with Crippen LogP contribution >= 0.6 is 15.9 Å². The number of quaternary nitrogens is 1. The molecule has 0 bridgehead atoms. The molecule has 0 spiro atoms. The number of halogens is 1. The van der Waals surface area contributed by atoms with E-state index in [2.05, 4.69) is 47.8 Å². The number of rotatable bonds is 26. The van der Waals surface area contributed by atoms with Crippen LogP contribution in [0.5, 0.6) is 11.5 Å². The number of guanidine groups is 1. The number of nitrogens with zero attached hydrogens (tertiary/aromatic N) is 1. The van der Waals surface area contributed by atoms with Crippen LogP contribution in [0.15, 0.2) is 77.3 Å². The molecule has 0 radical (unpaired) electrons. The van der Waals surface area contributed by atoms with Gasteiger partial charge in [0.15, 0.2) is 5.96 Å². The molecule has 0 heterocycles. The topological polar surface area (TPSA) is 311 Å². The summed E-state index contributed by atoms with van der Waals surface area (Å²) in [4.78, 5) is 80.3. The second-order valence-electron chi connectivity index (χ2n) is 16.5. The molecule has 5 amide bonds. The zero-order valence-corrected chi connectivity index (χ0v) is 38.0. The third-order valence-corrected chi connectivity index (χ3v) is 10.5. The minimum Gasteiger partial charge on any atom is -0.508 e. The van der Waals surface area contributed by atoms with E-state index < -0.39 is 72.3 Å². The van der Waals surface area contributed by atoms with E-state index in [1.54, 1.807) is 0 Å². The number of aromatic hydroxyl groups is 2. The van der Waals surface area contributed by atoms with Gasteiger partial charge >= 0.3 is 5.97 Å². The molecule has 5 atom stereocenters. The van der Waals surface area contributed by atoms with E-state index >= 15 is 0 Å². The summed E-state index contributed by atoms with van der Waals surface area (Å²) in [5.41, 5.74) is 13.5. The van der Waals surface area contributed by atoms with Crippen LogP contribution in [-0.4, -0.2) is 132 Å². The summed E-state index contributed by atoms with van der Waals surface area (Å²) < 4.78 is 1.57. The molecule has 0 aliphatic rings. The lowest BCUT2D eigenvalue weighted by molar-refractivity contribution is -0.870. The van der Waals surface area contributed by atoms with Crippen LogP contribution < -0.4 is 43.4 Å². The van der Waals surface area contributed by atoms with Gasteiger partial charge in [-0.1, -0.05) is 52.3 Å².